The van der Waals surface area contributed by atoms with Crippen molar-refractivity contribution in [1.82, 2.24) is 4.74 Å². The van der Waals surface area contributed by atoms with Gasteiger partial charge < -0.3 is 5.21 Å². The maximum Gasteiger partial charge on any atom is 0.278 e. The second-order valence-electron chi connectivity index (χ2n) is 3.35. The molecule has 3 nitrogen and oxygen atoms in total. The maximum absolute atomic E-state index is 12.1. The van der Waals surface area contributed by atoms with Crippen molar-refractivity contribution >= 4 is 16.3 Å². The first-order chi connectivity index (χ1) is 7.36. The Morgan fingerprint density at radius 2 is 2.13 bits per heavy atom. The number of nitrogens with zero attached hydrogens (tertiary/aromatic N) is 2. The highest BCUT2D eigenvalue weighted by molar-refractivity contribution is 7.14. The van der Waals surface area contributed by atoms with Gasteiger partial charge in [0, 0.05) is 6.07 Å². The van der Waals surface area contributed by atoms with E-state index < -0.39 is 0 Å². The van der Waals surface area contributed by atoms with Gasteiger partial charge in [0.2, 0.25) is 5.36 Å². The highest BCUT2D eigenvalue weighted by Gasteiger charge is 2.15. The molecule has 15 heavy (non-hydrogen) atoms. The van der Waals surface area contributed by atoms with Crippen molar-refractivity contribution in [1.29, 1.82) is 0 Å². The number of benzene rings is 1. The Labute approximate surface area is 90.2 Å². The molecule has 1 aromatic heterocycles. The fraction of sp³-hybridized carbons (Fsp3) is 0.0909. The van der Waals surface area contributed by atoms with E-state index in [4.69, 9.17) is 0 Å². The molecule has 0 atom stereocenters. The fourth-order valence-electron chi connectivity index (χ4n) is 1.68. The van der Waals surface area contributed by atoms with Crippen LogP contribution in [0.4, 0.5) is 5.00 Å². The van der Waals surface area contributed by atoms with Crippen molar-refractivity contribution in [3.05, 3.63) is 57.2 Å². The van der Waals surface area contributed by atoms with E-state index in [1.165, 1.54) is 11.3 Å². The minimum absolute atomic E-state index is 0.592. The molecule has 1 aromatic carbocycles. The van der Waals surface area contributed by atoms with Crippen LogP contribution in [0, 0.1) is 5.21 Å². The number of hydrogen-bond donors (Lipinski definition) is 0. The highest BCUT2D eigenvalue weighted by atomic mass is 32.1. The second kappa shape index (κ2) is 3.17. The van der Waals surface area contributed by atoms with Crippen LogP contribution < -0.4 is 15.5 Å². The van der Waals surface area contributed by atoms with E-state index in [1.54, 1.807) is 6.07 Å². The summed E-state index contributed by atoms with van der Waals surface area (Å²) in [6.07, 6.45) is 0. The van der Waals surface area contributed by atoms with E-state index in [0.29, 0.717) is 11.9 Å². The van der Waals surface area contributed by atoms with Crippen LogP contribution in [0.15, 0.2) is 40.7 Å². The van der Waals surface area contributed by atoms with Gasteiger partial charge in [-0.1, -0.05) is 23.5 Å². The molecule has 0 fully saturated rings. The maximum atomic E-state index is 12.1. The summed E-state index contributed by atoms with van der Waals surface area (Å²) in [4.78, 5) is 4.42. The molecule has 1 aliphatic rings. The lowest BCUT2D eigenvalue weighted by Crippen LogP contribution is -2.33. The van der Waals surface area contributed by atoms with Gasteiger partial charge >= 0.3 is 0 Å². The van der Waals surface area contributed by atoms with E-state index >= 15 is 0 Å². The molecular weight excluding hydrogens is 208 g/mol. The quantitative estimate of drug-likeness (QED) is 0.481. The zero-order valence-corrected chi connectivity index (χ0v) is 8.70. The molecule has 0 saturated carbocycles. The van der Waals surface area contributed by atoms with Crippen molar-refractivity contribution in [2.45, 2.75) is 6.54 Å². The van der Waals surface area contributed by atoms with Gasteiger partial charge in [-0.2, -0.15) is 4.74 Å². The number of para-hydroxylation sites is 2. The molecule has 0 saturated heterocycles. The molecule has 0 radical (unpaired) electrons. The minimum atomic E-state index is 0.592. The molecule has 4 heteroatoms. The largest absolute Gasteiger partial charge is 0.617 e. The molecule has 0 spiro atoms. The summed E-state index contributed by atoms with van der Waals surface area (Å²) in [6, 6.07) is 9.39. The molecule has 3 rings (SSSR count). The summed E-state index contributed by atoms with van der Waals surface area (Å²) >= 11 is 1.46. The van der Waals surface area contributed by atoms with Crippen molar-refractivity contribution < 1.29 is 0 Å². The van der Waals surface area contributed by atoms with E-state index in [0.717, 1.165) is 20.7 Å². The van der Waals surface area contributed by atoms with Crippen molar-refractivity contribution in [3.63, 3.8) is 0 Å². The van der Waals surface area contributed by atoms with E-state index in [-0.39, 0.29) is 0 Å². The van der Waals surface area contributed by atoms with Crippen LogP contribution in [0.3, 0.4) is 0 Å². The first kappa shape index (κ1) is 8.61. The van der Waals surface area contributed by atoms with Gasteiger partial charge in [0.15, 0.2) is 0 Å². The number of thiophene rings is 1. The molecule has 0 aliphatic carbocycles. The number of hydrogen-bond acceptors (Lipinski definition) is 3. The summed E-state index contributed by atoms with van der Waals surface area (Å²) in [5, 5.41) is 16.2. The average Bonchev–Trinajstić information content (AvgIpc) is 2.69. The Bertz CT molecular complexity index is 630. The summed E-state index contributed by atoms with van der Waals surface area (Å²) < 4.78 is 0.978. The Morgan fingerprint density at radius 3 is 3.07 bits per heavy atom. The van der Waals surface area contributed by atoms with E-state index in [2.05, 4.69) is 4.99 Å². The van der Waals surface area contributed by atoms with Crippen molar-refractivity contribution in [3.8, 4) is 0 Å². The predicted molar refractivity (Wildman–Crippen MR) is 59.5 cm³/mol. The molecule has 0 N–H and O–H groups in total. The van der Waals surface area contributed by atoms with Crippen LogP contribution in [0.1, 0.15) is 5.56 Å². The van der Waals surface area contributed by atoms with E-state index in [1.807, 2.05) is 29.6 Å². The lowest BCUT2D eigenvalue weighted by Gasteiger charge is -1.99. The Balaban J connectivity index is 2.47. The van der Waals surface area contributed by atoms with E-state index in [9.17, 15) is 5.21 Å². The van der Waals surface area contributed by atoms with Gasteiger partial charge in [-0.05, 0) is 17.5 Å². The smallest absolute Gasteiger partial charge is 0.278 e. The Hall–Kier alpha value is -1.68. The van der Waals surface area contributed by atoms with Gasteiger partial charge in [-0.15, -0.1) is 0 Å². The summed E-state index contributed by atoms with van der Waals surface area (Å²) in [5.74, 6) is 0. The van der Waals surface area contributed by atoms with Gasteiger partial charge in [0.1, 0.15) is 5.36 Å². The Morgan fingerprint density at radius 1 is 1.27 bits per heavy atom. The summed E-state index contributed by atoms with van der Waals surface area (Å²) in [7, 11) is 0. The first-order valence-corrected chi connectivity index (χ1v) is 5.54. The van der Waals surface area contributed by atoms with Gasteiger partial charge in [-0.25, -0.2) is 0 Å². The third-order valence-electron chi connectivity index (χ3n) is 2.43. The van der Waals surface area contributed by atoms with Crippen LogP contribution in [0.5, 0.6) is 0 Å². The summed E-state index contributed by atoms with van der Waals surface area (Å²) in [6.45, 7) is 0.592. The number of fused-ring (bicyclic) bond motifs is 2. The zero-order chi connectivity index (χ0) is 10.3. The molecule has 74 valence electrons. The van der Waals surface area contributed by atoms with Gasteiger partial charge in [0.25, 0.3) is 5.00 Å². The van der Waals surface area contributed by atoms with Crippen molar-refractivity contribution in [2.75, 3.05) is 0 Å². The molecule has 1 aliphatic heterocycles. The van der Waals surface area contributed by atoms with Crippen LogP contribution in [0.2, 0.25) is 0 Å². The van der Waals surface area contributed by atoms with Crippen LogP contribution in [0.25, 0.3) is 0 Å². The standard InChI is InChI=1S/C11H8N2OS/c14-13-10-4-2-1-3-9(10)12-7-8-5-6-15-11(8)13/h1-6H,7H2. The molecule has 2 aromatic rings. The average molecular weight is 216 g/mol. The Kier molecular flexibility index (Phi) is 1.82. The monoisotopic (exact) mass is 216 g/mol. The lowest BCUT2D eigenvalue weighted by atomic mass is 10.3. The van der Waals surface area contributed by atoms with Crippen molar-refractivity contribution in [2.24, 2.45) is 4.99 Å². The van der Waals surface area contributed by atoms with Gasteiger partial charge in [0.05, 0.1) is 12.1 Å². The zero-order valence-electron chi connectivity index (χ0n) is 7.88. The van der Waals surface area contributed by atoms with Gasteiger partial charge in [-0.3, -0.25) is 4.99 Å². The highest BCUT2D eigenvalue weighted by Crippen LogP contribution is 2.25. The summed E-state index contributed by atoms with van der Waals surface area (Å²) in [5.41, 5.74) is 1.01. The molecular formula is C11H8N2OS. The normalized spacial score (nSPS) is 13.7. The SMILES string of the molecule is [O-][N+]1=c2ccccc2=NCc2ccsc21. The topological polar surface area (TPSA) is 38.4 Å². The molecule has 0 unspecified atom stereocenters. The molecule has 0 amide bonds. The lowest BCUT2D eigenvalue weighted by molar-refractivity contribution is 0.977. The number of rotatable bonds is 0. The minimum Gasteiger partial charge on any atom is -0.617 e. The first-order valence-electron chi connectivity index (χ1n) is 4.66. The van der Waals surface area contributed by atoms with Crippen LogP contribution in [-0.4, -0.2) is 0 Å². The fourth-order valence-corrected chi connectivity index (χ4v) is 2.51. The third kappa shape index (κ3) is 1.26. The third-order valence-corrected chi connectivity index (χ3v) is 3.35. The molecule has 0 bridgehead atoms. The van der Waals surface area contributed by atoms with Crippen LogP contribution >= 0.6 is 11.3 Å². The second-order valence-corrected chi connectivity index (χ2v) is 4.24. The predicted octanol–water partition coefficient (Wildman–Crippen LogP) is 1.20. The molecule has 2 heterocycles. The van der Waals surface area contributed by atoms with Crippen LogP contribution in [-0.2, 0) is 6.54 Å².